The molecule has 20 heavy (non-hydrogen) atoms. The lowest BCUT2D eigenvalue weighted by Gasteiger charge is -2.41. The molecular weight excluding hydrogens is 254 g/mol. The van der Waals surface area contributed by atoms with E-state index in [-0.39, 0.29) is 17.9 Å². The van der Waals surface area contributed by atoms with Crippen molar-refractivity contribution < 1.29 is 9.90 Å². The van der Waals surface area contributed by atoms with Crippen molar-refractivity contribution >= 4 is 5.91 Å². The van der Waals surface area contributed by atoms with Gasteiger partial charge in [-0.2, -0.15) is 5.10 Å². The maximum absolute atomic E-state index is 12.4. The summed E-state index contributed by atoms with van der Waals surface area (Å²) < 4.78 is 0. The standard InChI is InChI=1S/C15H23N3O2/c1-12(2)4-7-15(11-19)6-3-9-18(10-15)14(20)13-5-8-16-17-13/h4-5,8,19H,3,6-7,9-11H2,1-2H3,(H,16,17)/t15-/m0/s1. The number of amides is 1. The van der Waals surface area contributed by atoms with Gasteiger partial charge in [0.2, 0.25) is 0 Å². The van der Waals surface area contributed by atoms with Crippen LogP contribution in [0, 0.1) is 5.41 Å². The molecule has 1 aromatic rings. The minimum Gasteiger partial charge on any atom is -0.396 e. The first-order valence-electron chi connectivity index (χ1n) is 7.09. The molecule has 1 aliphatic heterocycles. The van der Waals surface area contributed by atoms with Gasteiger partial charge in [0, 0.05) is 24.7 Å². The Hall–Kier alpha value is -1.62. The Labute approximate surface area is 119 Å². The lowest BCUT2D eigenvalue weighted by atomic mass is 9.77. The molecule has 5 nitrogen and oxygen atoms in total. The summed E-state index contributed by atoms with van der Waals surface area (Å²) in [6, 6.07) is 1.69. The fraction of sp³-hybridized carbons (Fsp3) is 0.600. The SMILES string of the molecule is CC(C)=CC[C@@]1(CO)CCCN(C(=O)c2ccn[nH]2)C1. The molecule has 1 saturated heterocycles. The molecule has 0 bridgehead atoms. The van der Waals surface area contributed by atoms with Crippen molar-refractivity contribution in [3.63, 3.8) is 0 Å². The summed E-state index contributed by atoms with van der Waals surface area (Å²) in [7, 11) is 0. The van der Waals surface area contributed by atoms with Crippen LogP contribution < -0.4 is 0 Å². The minimum absolute atomic E-state index is 0.0303. The van der Waals surface area contributed by atoms with Gasteiger partial charge in [0.25, 0.3) is 5.91 Å². The molecule has 0 aromatic carbocycles. The van der Waals surface area contributed by atoms with Crippen LogP contribution in [-0.4, -0.2) is 45.8 Å². The van der Waals surface area contributed by atoms with Crippen LogP contribution in [0.4, 0.5) is 0 Å². The number of hydrogen-bond acceptors (Lipinski definition) is 3. The molecule has 0 saturated carbocycles. The highest BCUT2D eigenvalue weighted by Crippen LogP contribution is 2.34. The molecule has 1 fully saturated rings. The van der Waals surface area contributed by atoms with Gasteiger partial charge < -0.3 is 10.0 Å². The Morgan fingerprint density at radius 2 is 2.40 bits per heavy atom. The van der Waals surface area contributed by atoms with E-state index in [9.17, 15) is 9.90 Å². The highest BCUT2D eigenvalue weighted by Gasteiger charge is 2.36. The zero-order valence-electron chi connectivity index (χ0n) is 12.2. The molecule has 2 N–H and O–H groups in total. The van der Waals surface area contributed by atoms with E-state index in [1.54, 1.807) is 12.3 Å². The van der Waals surface area contributed by atoms with Crippen LogP contribution in [0.25, 0.3) is 0 Å². The van der Waals surface area contributed by atoms with Gasteiger partial charge in [-0.05, 0) is 39.2 Å². The van der Waals surface area contributed by atoms with Crippen molar-refractivity contribution in [1.29, 1.82) is 0 Å². The predicted molar refractivity (Wildman–Crippen MR) is 77.3 cm³/mol. The number of aromatic nitrogens is 2. The summed E-state index contributed by atoms with van der Waals surface area (Å²) in [6.45, 7) is 5.58. The molecule has 5 heteroatoms. The number of piperidine rings is 1. The molecule has 2 heterocycles. The number of nitrogens with one attached hydrogen (secondary N) is 1. The molecule has 0 spiro atoms. The van der Waals surface area contributed by atoms with E-state index in [1.807, 2.05) is 4.90 Å². The van der Waals surface area contributed by atoms with E-state index in [0.29, 0.717) is 12.2 Å². The third-order valence-corrected chi connectivity index (χ3v) is 3.96. The monoisotopic (exact) mass is 277 g/mol. The van der Waals surface area contributed by atoms with Gasteiger partial charge in [-0.1, -0.05) is 11.6 Å². The summed E-state index contributed by atoms with van der Waals surface area (Å²) in [6.07, 6.45) is 6.44. The lowest BCUT2D eigenvalue weighted by molar-refractivity contribution is 0.0280. The van der Waals surface area contributed by atoms with Gasteiger partial charge in [0.1, 0.15) is 5.69 Å². The Morgan fingerprint density at radius 1 is 1.60 bits per heavy atom. The number of aromatic amines is 1. The number of nitrogens with zero attached hydrogens (tertiary/aromatic N) is 2. The van der Waals surface area contributed by atoms with Crippen molar-refractivity contribution in [2.45, 2.75) is 33.1 Å². The number of allylic oxidation sites excluding steroid dienone is 2. The quantitative estimate of drug-likeness (QED) is 0.827. The predicted octanol–water partition coefficient (Wildman–Crippen LogP) is 1.98. The van der Waals surface area contributed by atoms with E-state index >= 15 is 0 Å². The smallest absolute Gasteiger partial charge is 0.271 e. The largest absolute Gasteiger partial charge is 0.396 e. The first kappa shape index (κ1) is 14.8. The molecule has 0 unspecified atom stereocenters. The lowest BCUT2D eigenvalue weighted by Crippen LogP contribution is -2.47. The third-order valence-electron chi connectivity index (χ3n) is 3.96. The summed E-state index contributed by atoms with van der Waals surface area (Å²) in [5.41, 5.74) is 1.56. The molecule has 1 aliphatic rings. The first-order chi connectivity index (χ1) is 9.56. The van der Waals surface area contributed by atoms with Crippen LogP contribution in [0.3, 0.4) is 0 Å². The van der Waals surface area contributed by atoms with Gasteiger partial charge in [0.15, 0.2) is 0 Å². The molecule has 0 radical (unpaired) electrons. The van der Waals surface area contributed by atoms with Gasteiger partial charge in [0.05, 0.1) is 6.61 Å². The van der Waals surface area contributed by atoms with E-state index < -0.39 is 0 Å². The summed E-state index contributed by atoms with van der Waals surface area (Å²) in [4.78, 5) is 14.2. The number of hydrogen-bond donors (Lipinski definition) is 2. The number of aliphatic hydroxyl groups is 1. The second kappa shape index (κ2) is 6.22. The summed E-state index contributed by atoms with van der Waals surface area (Å²) in [5.74, 6) is -0.0303. The molecule has 1 atom stereocenters. The number of rotatable bonds is 4. The van der Waals surface area contributed by atoms with E-state index in [0.717, 1.165) is 25.8 Å². The van der Waals surface area contributed by atoms with Crippen LogP contribution >= 0.6 is 0 Å². The Balaban J connectivity index is 2.10. The molecule has 110 valence electrons. The highest BCUT2D eigenvalue weighted by molar-refractivity contribution is 5.92. The second-order valence-corrected chi connectivity index (χ2v) is 5.94. The van der Waals surface area contributed by atoms with Crippen LogP contribution in [0.1, 0.15) is 43.6 Å². The van der Waals surface area contributed by atoms with Crippen LogP contribution in [0.15, 0.2) is 23.9 Å². The normalized spacial score (nSPS) is 22.6. The van der Waals surface area contributed by atoms with Crippen molar-refractivity contribution in [3.8, 4) is 0 Å². The van der Waals surface area contributed by atoms with E-state index in [2.05, 4.69) is 30.1 Å². The third kappa shape index (κ3) is 3.28. The topological polar surface area (TPSA) is 69.2 Å². The minimum atomic E-state index is -0.203. The second-order valence-electron chi connectivity index (χ2n) is 5.94. The van der Waals surface area contributed by atoms with Crippen molar-refractivity contribution in [3.05, 3.63) is 29.6 Å². The number of aliphatic hydroxyl groups excluding tert-OH is 1. The molecule has 1 amide bonds. The zero-order valence-corrected chi connectivity index (χ0v) is 12.2. The Kier molecular flexibility index (Phi) is 4.60. The summed E-state index contributed by atoms with van der Waals surface area (Å²) in [5, 5.41) is 16.3. The molecule has 0 aliphatic carbocycles. The van der Waals surface area contributed by atoms with Crippen molar-refractivity contribution in [1.82, 2.24) is 15.1 Å². The van der Waals surface area contributed by atoms with Gasteiger partial charge in [-0.3, -0.25) is 9.89 Å². The number of H-pyrrole nitrogens is 1. The average Bonchev–Trinajstić information content (AvgIpc) is 2.99. The molecule has 2 rings (SSSR count). The fourth-order valence-electron chi connectivity index (χ4n) is 2.71. The number of likely N-dealkylation sites (tertiary alicyclic amines) is 1. The Morgan fingerprint density at radius 3 is 3.00 bits per heavy atom. The van der Waals surface area contributed by atoms with Gasteiger partial charge in [-0.15, -0.1) is 0 Å². The summed E-state index contributed by atoms with van der Waals surface area (Å²) >= 11 is 0. The van der Waals surface area contributed by atoms with E-state index in [1.165, 1.54) is 5.57 Å². The van der Waals surface area contributed by atoms with E-state index in [4.69, 9.17) is 0 Å². The molecular formula is C15H23N3O2. The highest BCUT2D eigenvalue weighted by atomic mass is 16.3. The first-order valence-corrected chi connectivity index (χ1v) is 7.09. The van der Waals surface area contributed by atoms with Gasteiger partial charge >= 0.3 is 0 Å². The van der Waals surface area contributed by atoms with Crippen LogP contribution in [0.2, 0.25) is 0 Å². The maximum atomic E-state index is 12.4. The van der Waals surface area contributed by atoms with Crippen molar-refractivity contribution in [2.75, 3.05) is 19.7 Å². The van der Waals surface area contributed by atoms with Gasteiger partial charge in [-0.25, -0.2) is 0 Å². The van der Waals surface area contributed by atoms with Crippen molar-refractivity contribution in [2.24, 2.45) is 5.41 Å². The maximum Gasteiger partial charge on any atom is 0.271 e. The number of carbonyl (C=O) groups is 1. The Bertz CT molecular complexity index is 477. The number of carbonyl (C=O) groups excluding carboxylic acids is 1. The van der Waals surface area contributed by atoms with Crippen LogP contribution in [-0.2, 0) is 0 Å². The molecule has 1 aromatic heterocycles. The van der Waals surface area contributed by atoms with Crippen LogP contribution in [0.5, 0.6) is 0 Å². The zero-order chi connectivity index (χ0) is 14.6. The fourth-order valence-corrected chi connectivity index (χ4v) is 2.71. The average molecular weight is 277 g/mol.